The van der Waals surface area contributed by atoms with Gasteiger partial charge in [-0.05, 0) is 48.2 Å². The number of nitrogens with zero attached hydrogens (tertiary/aromatic N) is 4. The van der Waals surface area contributed by atoms with E-state index in [-0.39, 0.29) is 49.5 Å². The van der Waals surface area contributed by atoms with Gasteiger partial charge in [0.05, 0.1) is 16.0 Å². The van der Waals surface area contributed by atoms with Crippen molar-refractivity contribution >= 4 is 21.9 Å². The maximum atomic E-state index is 13.6. The van der Waals surface area contributed by atoms with Crippen LogP contribution in [0, 0.1) is 5.92 Å². The molecule has 9 nitrogen and oxygen atoms in total. The predicted octanol–water partition coefficient (Wildman–Crippen LogP) is 3.99. The molecule has 1 saturated heterocycles. The molecular formula is C24H21F6N5O4S. The Morgan fingerprint density at radius 2 is 1.52 bits per heavy atom. The molecule has 1 amide bonds. The molecule has 0 radical (unpaired) electrons. The van der Waals surface area contributed by atoms with Crippen LogP contribution in [0.15, 0.2) is 51.8 Å². The first-order valence-electron chi connectivity index (χ1n) is 11.9. The molecule has 1 aliphatic carbocycles. The molecule has 3 aromatic rings. The summed E-state index contributed by atoms with van der Waals surface area (Å²) in [5.74, 6) is -1.31. The van der Waals surface area contributed by atoms with Gasteiger partial charge in [-0.1, -0.05) is 17.2 Å². The molecule has 40 heavy (non-hydrogen) atoms. The number of sulfonamides is 1. The van der Waals surface area contributed by atoms with E-state index in [4.69, 9.17) is 10.2 Å². The van der Waals surface area contributed by atoms with Gasteiger partial charge in [0.2, 0.25) is 21.8 Å². The minimum atomic E-state index is -4.87. The van der Waals surface area contributed by atoms with Crippen LogP contribution in [0.2, 0.25) is 0 Å². The lowest BCUT2D eigenvalue weighted by molar-refractivity contribution is -0.138. The first-order chi connectivity index (χ1) is 18.6. The van der Waals surface area contributed by atoms with Gasteiger partial charge >= 0.3 is 18.4 Å². The molecule has 1 aromatic heterocycles. The van der Waals surface area contributed by atoms with Crippen molar-refractivity contribution in [3.05, 3.63) is 59.2 Å². The maximum Gasteiger partial charge on any atom is 0.416 e. The minimum absolute atomic E-state index is 0.000304. The highest BCUT2D eigenvalue weighted by Gasteiger charge is 2.47. The number of alkyl halides is 6. The van der Waals surface area contributed by atoms with Crippen molar-refractivity contribution < 1.29 is 44.0 Å². The second-order valence-corrected chi connectivity index (χ2v) is 11.4. The van der Waals surface area contributed by atoms with Crippen LogP contribution in [-0.2, 0) is 27.2 Å². The Morgan fingerprint density at radius 1 is 0.900 bits per heavy atom. The van der Waals surface area contributed by atoms with E-state index in [1.807, 2.05) is 0 Å². The molecule has 0 spiro atoms. The van der Waals surface area contributed by atoms with Crippen LogP contribution in [0.1, 0.15) is 29.0 Å². The fourth-order valence-electron chi connectivity index (χ4n) is 4.67. The Hall–Kier alpha value is -3.66. The number of piperazine rings is 1. The summed E-state index contributed by atoms with van der Waals surface area (Å²) in [7, 11) is -4.41. The number of hydrogen-bond acceptors (Lipinski definition) is 7. The largest absolute Gasteiger partial charge is 0.416 e. The van der Waals surface area contributed by atoms with Crippen LogP contribution in [-0.4, -0.2) is 59.9 Å². The van der Waals surface area contributed by atoms with E-state index in [2.05, 4.69) is 10.2 Å². The third-order valence-corrected chi connectivity index (χ3v) is 8.76. The SMILES string of the molecule is Nc1nnc(-c2cc(C(F)(F)F)cc(S(=O)(=O)N3CCN(C(=O)[C@@H]4C[C@H]4c4ccc(C(F)(F)F)cc4)CC3)c2)o1. The molecule has 1 aliphatic heterocycles. The average Bonchev–Trinajstić information content (AvgIpc) is 3.59. The summed E-state index contributed by atoms with van der Waals surface area (Å²) in [6.07, 6.45) is -8.88. The highest BCUT2D eigenvalue weighted by atomic mass is 32.2. The van der Waals surface area contributed by atoms with E-state index >= 15 is 0 Å². The van der Waals surface area contributed by atoms with Crippen molar-refractivity contribution in [3.63, 3.8) is 0 Å². The number of halogens is 6. The van der Waals surface area contributed by atoms with Gasteiger partial charge < -0.3 is 15.1 Å². The van der Waals surface area contributed by atoms with Crippen LogP contribution in [0.5, 0.6) is 0 Å². The number of nitrogen functional groups attached to an aromatic ring is 1. The third-order valence-electron chi connectivity index (χ3n) is 6.88. The second kappa shape index (κ2) is 9.76. The normalized spacial score (nSPS) is 20.5. The lowest BCUT2D eigenvalue weighted by atomic mass is 10.1. The quantitative estimate of drug-likeness (QED) is 0.447. The summed E-state index contributed by atoms with van der Waals surface area (Å²) >= 11 is 0. The summed E-state index contributed by atoms with van der Waals surface area (Å²) in [4.78, 5) is 13.8. The summed E-state index contributed by atoms with van der Waals surface area (Å²) in [5, 5.41) is 6.91. The number of anilines is 1. The zero-order valence-corrected chi connectivity index (χ0v) is 21.2. The van der Waals surface area contributed by atoms with E-state index in [9.17, 15) is 39.6 Å². The third kappa shape index (κ3) is 5.50. The average molecular weight is 590 g/mol. The number of nitrogens with two attached hydrogens (primary N) is 1. The fourth-order valence-corrected chi connectivity index (χ4v) is 6.17. The lowest BCUT2D eigenvalue weighted by Gasteiger charge is -2.34. The van der Waals surface area contributed by atoms with Gasteiger partial charge in [0.1, 0.15) is 0 Å². The number of carbonyl (C=O) groups is 1. The molecule has 1 saturated carbocycles. The molecular weight excluding hydrogens is 568 g/mol. The Morgan fingerprint density at radius 3 is 2.08 bits per heavy atom. The van der Waals surface area contributed by atoms with Crippen LogP contribution in [0.25, 0.3) is 11.5 Å². The highest BCUT2D eigenvalue weighted by Crippen LogP contribution is 2.49. The summed E-state index contributed by atoms with van der Waals surface area (Å²) in [5.41, 5.74) is 3.64. The molecule has 5 rings (SSSR count). The molecule has 2 aromatic carbocycles. The van der Waals surface area contributed by atoms with Crippen LogP contribution in [0.3, 0.4) is 0 Å². The van der Waals surface area contributed by atoms with Crippen molar-refractivity contribution in [1.82, 2.24) is 19.4 Å². The smallest absolute Gasteiger partial charge is 0.404 e. The number of benzene rings is 2. The zero-order valence-electron chi connectivity index (χ0n) is 20.4. The lowest BCUT2D eigenvalue weighted by Crippen LogP contribution is -2.51. The molecule has 2 N–H and O–H groups in total. The molecule has 0 unspecified atom stereocenters. The van der Waals surface area contributed by atoms with E-state index in [0.717, 1.165) is 22.5 Å². The molecule has 16 heteroatoms. The van der Waals surface area contributed by atoms with E-state index in [1.54, 1.807) is 0 Å². The number of carbonyl (C=O) groups excluding carboxylic acids is 1. The first kappa shape index (κ1) is 27.9. The van der Waals surface area contributed by atoms with Crippen LogP contribution < -0.4 is 5.73 Å². The van der Waals surface area contributed by atoms with Gasteiger partial charge in [-0.2, -0.15) is 30.6 Å². The summed E-state index contributed by atoms with van der Waals surface area (Å²) < 4.78 is 112. The molecule has 0 bridgehead atoms. The first-order valence-corrected chi connectivity index (χ1v) is 13.4. The molecule has 2 fully saturated rings. The van der Waals surface area contributed by atoms with Gasteiger partial charge in [-0.3, -0.25) is 4.79 Å². The van der Waals surface area contributed by atoms with Gasteiger partial charge in [0.15, 0.2) is 0 Å². The van der Waals surface area contributed by atoms with Gasteiger partial charge in [0.25, 0.3) is 0 Å². The molecule has 2 heterocycles. The topological polar surface area (TPSA) is 123 Å². The predicted molar refractivity (Wildman–Crippen MR) is 127 cm³/mol. The Labute approximate surface area is 223 Å². The van der Waals surface area contributed by atoms with Crippen molar-refractivity contribution in [1.29, 1.82) is 0 Å². The van der Waals surface area contributed by atoms with E-state index in [0.29, 0.717) is 24.1 Å². The highest BCUT2D eigenvalue weighted by molar-refractivity contribution is 7.89. The molecule has 2 aliphatic rings. The van der Waals surface area contributed by atoms with Crippen molar-refractivity contribution in [2.45, 2.75) is 29.6 Å². The van der Waals surface area contributed by atoms with Gasteiger partial charge in [-0.25, -0.2) is 8.42 Å². The monoisotopic (exact) mass is 589 g/mol. The van der Waals surface area contributed by atoms with Crippen molar-refractivity contribution in [2.75, 3.05) is 31.9 Å². The van der Waals surface area contributed by atoms with E-state index < -0.39 is 50.3 Å². The molecule has 2 atom stereocenters. The van der Waals surface area contributed by atoms with Crippen LogP contribution in [0.4, 0.5) is 32.4 Å². The Balaban J connectivity index is 1.27. The fraction of sp³-hybridized carbons (Fsp3) is 0.375. The second-order valence-electron chi connectivity index (χ2n) is 9.49. The minimum Gasteiger partial charge on any atom is -0.404 e. The van der Waals surface area contributed by atoms with Crippen molar-refractivity contribution in [3.8, 4) is 11.5 Å². The zero-order chi connectivity index (χ0) is 29.0. The standard InChI is InChI=1S/C24H21F6N5O4S/c25-23(26,27)15-3-1-13(2-4-15)18-12-19(18)21(36)34-5-7-35(8-6-34)40(37,38)17-10-14(20-32-33-22(31)39-20)9-16(11-17)24(28,29)30/h1-4,9-11,18-19H,5-8,12H2,(H2,31,33)/t18-,19+/m0/s1. The Kier molecular flexibility index (Phi) is 6.81. The maximum absolute atomic E-state index is 13.6. The van der Waals surface area contributed by atoms with Crippen molar-refractivity contribution in [2.24, 2.45) is 5.92 Å². The number of rotatable bonds is 5. The number of hydrogen-bond donors (Lipinski definition) is 1. The molecule has 214 valence electrons. The Bertz CT molecular complexity index is 1530. The van der Waals surface area contributed by atoms with Crippen LogP contribution >= 0.6 is 0 Å². The summed E-state index contributed by atoms with van der Waals surface area (Å²) in [6, 6.07) is 6.37. The van der Waals surface area contributed by atoms with Gasteiger partial charge in [-0.15, -0.1) is 5.10 Å². The van der Waals surface area contributed by atoms with Gasteiger partial charge in [0, 0.05) is 37.7 Å². The number of amides is 1. The summed E-state index contributed by atoms with van der Waals surface area (Å²) in [6.45, 7) is -0.323. The van der Waals surface area contributed by atoms with E-state index in [1.165, 1.54) is 17.0 Å². The number of aromatic nitrogens is 2.